The van der Waals surface area contributed by atoms with Crippen molar-refractivity contribution in [2.24, 2.45) is 0 Å². The third-order valence-electron chi connectivity index (χ3n) is 2.36. The third kappa shape index (κ3) is 2.27. The SMILES string of the molecule is CNc1nc(C)cc(-c2cc(F)c(F)c(F)c2)n1. The number of hydrogen-bond donors (Lipinski definition) is 1. The number of hydrogen-bond acceptors (Lipinski definition) is 3. The Balaban J connectivity index is 2.58. The van der Waals surface area contributed by atoms with Crippen LogP contribution in [0.15, 0.2) is 18.2 Å². The first-order chi connectivity index (χ1) is 8.51. The molecule has 18 heavy (non-hydrogen) atoms. The van der Waals surface area contributed by atoms with Gasteiger partial charge in [0.05, 0.1) is 5.69 Å². The summed E-state index contributed by atoms with van der Waals surface area (Å²) in [4.78, 5) is 8.11. The smallest absolute Gasteiger partial charge is 0.223 e. The Morgan fingerprint density at radius 2 is 1.61 bits per heavy atom. The van der Waals surface area contributed by atoms with E-state index in [-0.39, 0.29) is 5.56 Å². The standard InChI is InChI=1S/C12H10F3N3/c1-6-3-10(18-12(16-2)17-6)7-4-8(13)11(15)9(14)5-7/h3-5H,1-2H3,(H,16,17,18). The Bertz CT molecular complexity index is 576. The van der Waals surface area contributed by atoms with Gasteiger partial charge in [0.2, 0.25) is 5.95 Å². The second-order valence-electron chi connectivity index (χ2n) is 3.72. The monoisotopic (exact) mass is 253 g/mol. The summed E-state index contributed by atoms with van der Waals surface area (Å²) in [5.41, 5.74) is 1.12. The van der Waals surface area contributed by atoms with Crippen LogP contribution in [0.25, 0.3) is 11.3 Å². The molecule has 0 aliphatic rings. The number of benzene rings is 1. The van der Waals surface area contributed by atoms with Gasteiger partial charge in [0.15, 0.2) is 17.5 Å². The summed E-state index contributed by atoms with van der Waals surface area (Å²) >= 11 is 0. The largest absolute Gasteiger partial charge is 0.357 e. The van der Waals surface area contributed by atoms with Crippen molar-refractivity contribution in [3.63, 3.8) is 0 Å². The summed E-state index contributed by atoms with van der Waals surface area (Å²) in [6.45, 7) is 1.72. The zero-order valence-electron chi connectivity index (χ0n) is 9.76. The lowest BCUT2D eigenvalue weighted by Crippen LogP contribution is -2.00. The molecule has 0 aliphatic heterocycles. The molecule has 0 fully saturated rings. The molecule has 2 rings (SSSR count). The Morgan fingerprint density at radius 1 is 1.00 bits per heavy atom. The third-order valence-corrected chi connectivity index (χ3v) is 2.36. The lowest BCUT2D eigenvalue weighted by molar-refractivity contribution is 0.447. The van der Waals surface area contributed by atoms with Crippen LogP contribution in [-0.2, 0) is 0 Å². The molecule has 1 N–H and O–H groups in total. The first-order valence-electron chi connectivity index (χ1n) is 5.19. The molecule has 1 aromatic heterocycles. The topological polar surface area (TPSA) is 37.8 Å². The molecule has 1 aromatic carbocycles. The predicted molar refractivity (Wildman–Crippen MR) is 61.6 cm³/mol. The second kappa shape index (κ2) is 4.64. The highest BCUT2D eigenvalue weighted by atomic mass is 19.2. The molecule has 0 spiro atoms. The maximum absolute atomic E-state index is 13.1. The molecule has 0 aliphatic carbocycles. The maximum atomic E-state index is 13.1. The van der Waals surface area contributed by atoms with Crippen molar-refractivity contribution in [2.75, 3.05) is 12.4 Å². The summed E-state index contributed by atoms with van der Waals surface area (Å²) in [6, 6.07) is 3.37. The Hall–Kier alpha value is -2.11. The number of rotatable bonds is 2. The van der Waals surface area contributed by atoms with Crippen LogP contribution >= 0.6 is 0 Å². The summed E-state index contributed by atoms with van der Waals surface area (Å²) < 4.78 is 39.1. The minimum Gasteiger partial charge on any atom is -0.357 e. The number of halogens is 3. The molecule has 0 saturated heterocycles. The van der Waals surface area contributed by atoms with Gasteiger partial charge in [0.25, 0.3) is 0 Å². The van der Waals surface area contributed by atoms with Gasteiger partial charge in [0, 0.05) is 18.3 Å². The predicted octanol–water partition coefficient (Wildman–Crippen LogP) is 2.91. The van der Waals surface area contributed by atoms with E-state index in [2.05, 4.69) is 15.3 Å². The van der Waals surface area contributed by atoms with Gasteiger partial charge in [-0.05, 0) is 25.1 Å². The molecule has 0 amide bonds. The molecule has 0 unspecified atom stereocenters. The Kier molecular flexibility index (Phi) is 3.18. The van der Waals surface area contributed by atoms with Crippen LogP contribution < -0.4 is 5.32 Å². The van der Waals surface area contributed by atoms with Crippen molar-refractivity contribution < 1.29 is 13.2 Å². The molecular formula is C12H10F3N3. The van der Waals surface area contributed by atoms with Gasteiger partial charge in [-0.1, -0.05) is 0 Å². The van der Waals surface area contributed by atoms with Crippen molar-refractivity contribution in [1.82, 2.24) is 9.97 Å². The molecule has 3 nitrogen and oxygen atoms in total. The first-order valence-corrected chi connectivity index (χ1v) is 5.19. The van der Waals surface area contributed by atoms with Gasteiger partial charge >= 0.3 is 0 Å². The van der Waals surface area contributed by atoms with Crippen LogP contribution in [-0.4, -0.2) is 17.0 Å². The van der Waals surface area contributed by atoms with E-state index in [0.29, 0.717) is 17.3 Å². The van der Waals surface area contributed by atoms with Crippen molar-refractivity contribution in [3.05, 3.63) is 41.3 Å². The molecular weight excluding hydrogens is 243 g/mol. The Morgan fingerprint density at radius 3 is 2.17 bits per heavy atom. The van der Waals surface area contributed by atoms with Gasteiger partial charge in [-0.15, -0.1) is 0 Å². The number of aryl methyl sites for hydroxylation is 1. The quantitative estimate of drug-likeness (QED) is 0.836. The zero-order valence-corrected chi connectivity index (χ0v) is 9.76. The Labute approximate surface area is 102 Å². The van der Waals surface area contributed by atoms with Crippen LogP contribution in [0.3, 0.4) is 0 Å². The van der Waals surface area contributed by atoms with Gasteiger partial charge in [-0.2, -0.15) is 0 Å². The van der Waals surface area contributed by atoms with E-state index >= 15 is 0 Å². The minimum absolute atomic E-state index is 0.161. The molecule has 94 valence electrons. The van der Waals surface area contributed by atoms with E-state index in [1.165, 1.54) is 0 Å². The second-order valence-corrected chi connectivity index (χ2v) is 3.72. The van der Waals surface area contributed by atoms with Crippen molar-refractivity contribution >= 4 is 5.95 Å². The van der Waals surface area contributed by atoms with Crippen LogP contribution in [0.4, 0.5) is 19.1 Å². The van der Waals surface area contributed by atoms with Crippen LogP contribution in [0.2, 0.25) is 0 Å². The summed E-state index contributed by atoms with van der Waals surface area (Å²) in [7, 11) is 1.63. The average molecular weight is 253 g/mol. The molecule has 1 heterocycles. The van der Waals surface area contributed by atoms with Crippen molar-refractivity contribution in [3.8, 4) is 11.3 Å². The van der Waals surface area contributed by atoms with E-state index in [1.807, 2.05) is 0 Å². The summed E-state index contributed by atoms with van der Waals surface area (Å²) in [6.07, 6.45) is 0. The normalized spacial score (nSPS) is 10.5. The van der Waals surface area contributed by atoms with Gasteiger partial charge < -0.3 is 5.32 Å². The molecule has 0 radical (unpaired) electrons. The maximum Gasteiger partial charge on any atom is 0.223 e. The van der Waals surface area contributed by atoms with Crippen LogP contribution in [0.1, 0.15) is 5.69 Å². The molecule has 0 atom stereocenters. The van der Waals surface area contributed by atoms with Crippen LogP contribution in [0.5, 0.6) is 0 Å². The van der Waals surface area contributed by atoms with Crippen molar-refractivity contribution in [1.29, 1.82) is 0 Å². The van der Waals surface area contributed by atoms with E-state index < -0.39 is 17.5 Å². The number of anilines is 1. The lowest BCUT2D eigenvalue weighted by atomic mass is 10.1. The molecule has 6 heteroatoms. The van der Waals surface area contributed by atoms with Gasteiger partial charge in [-0.3, -0.25) is 0 Å². The fourth-order valence-electron chi connectivity index (χ4n) is 1.53. The van der Waals surface area contributed by atoms with E-state index in [1.54, 1.807) is 20.0 Å². The highest BCUT2D eigenvalue weighted by Crippen LogP contribution is 2.23. The van der Waals surface area contributed by atoms with Crippen molar-refractivity contribution in [2.45, 2.75) is 6.92 Å². The number of nitrogens with zero attached hydrogens (tertiary/aromatic N) is 2. The number of aromatic nitrogens is 2. The molecule has 0 saturated carbocycles. The summed E-state index contributed by atoms with van der Waals surface area (Å²) in [5, 5.41) is 2.73. The van der Waals surface area contributed by atoms with Gasteiger partial charge in [-0.25, -0.2) is 23.1 Å². The first kappa shape index (κ1) is 12.3. The number of nitrogens with one attached hydrogen (secondary N) is 1. The molecule has 2 aromatic rings. The zero-order chi connectivity index (χ0) is 13.3. The minimum atomic E-state index is -1.49. The fraction of sp³-hybridized carbons (Fsp3) is 0.167. The highest BCUT2D eigenvalue weighted by Gasteiger charge is 2.13. The van der Waals surface area contributed by atoms with E-state index in [0.717, 1.165) is 12.1 Å². The average Bonchev–Trinajstić information content (AvgIpc) is 2.34. The van der Waals surface area contributed by atoms with Crippen LogP contribution in [0, 0.1) is 24.4 Å². The van der Waals surface area contributed by atoms with Gasteiger partial charge in [0.1, 0.15) is 0 Å². The van der Waals surface area contributed by atoms with E-state index in [9.17, 15) is 13.2 Å². The fourth-order valence-corrected chi connectivity index (χ4v) is 1.53. The molecule has 0 bridgehead atoms. The van der Waals surface area contributed by atoms with E-state index in [4.69, 9.17) is 0 Å². The highest BCUT2D eigenvalue weighted by molar-refractivity contribution is 5.61. The lowest BCUT2D eigenvalue weighted by Gasteiger charge is -2.06. The summed E-state index contributed by atoms with van der Waals surface area (Å²) in [5.74, 6) is -3.65.